The van der Waals surface area contributed by atoms with E-state index in [2.05, 4.69) is 10.2 Å². The van der Waals surface area contributed by atoms with Gasteiger partial charge in [0.1, 0.15) is 5.84 Å². The van der Waals surface area contributed by atoms with Crippen molar-refractivity contribution in [2.75, 3.05) is 6.26 Å². The minimum atomic E-state index is -0.0438. The van der Waals surface area contributed by atoms with Crippen molar-refractivity contribution in [3.8, 4) is 0 Å². The topological polar surface area (TPSA) is 75.7 Å². The molecule has 0 unspecified atom stereocenters. The van der Waals surface area contributed by atoms with Crippen molar-refractivity contribution in [1.82, 2.24) is 10.2 Å². The highest BCUT2D eigenvalue weighted by Crippen LogP contribution is 2.36. The monoisotopic (exact) mass is 316 g/mol. The average Bonchev–Trinajstić information content (AvgIpc) is 2.76. The van der Waals surface area contributed by atoms with Crippen LogP contribution in [0.4, 0.5) is 0 Å². The Balaban J connectivity index is 2.34. The number of nitrogens with one attached hydrogen (secondary N) is 1. The molecular weight excluding hydrogens is 308 g/mol. The van der Waals surface area contributed by atoms with Gasteiger partial charge in [-0.15, -0.1) is 10.2 Å². The molecule has 0 amide bonds. The molecule has 2 rings (SSSR count). The van der Waals surface area contributed by atoms with E-state index in [1.54, 1.807) is 17.8 Å². The third-order valence-corrected chi connectivity index (χ3v) is 5.33. The lowest BCUT2D eigenvalue weighted by atomic mass is 10.2. The highest BCUT2D eigenvalue weighted by Gasteiger charge is 2.13. The van der Waals surface area contributed by atoms with Gasteiger partial charge in [0.25, 0.3) is 0 Å². The second-order valence-corrected chi connectivity index (χ2v) is 6.89. The Hall–Kier alpha value is -0.760. The highest BCUT2D eigenvalue weighted by atomic mass is 35.5. The number of aromatic nitrogens is 2. The standard InChI is InChI=1S/C10H9ClN4S3/c1-16-9-14-15-10(18-9)17-6-4-2-3-5(11)7(6)8(12)13/h2-4H,1H3,(H3,12,13). The zero-order valence-electron chi connectivity index (χ0n) is 9.31. The summed E-state index contributed by atoms with van der Waals surface area (Å²) in [6.45, 7) is 0. The molecule has 2 aromatic rings. The lowest BCUT2D eigenvalue weighted by molar-refractivity contribution is 0.955. The number of nitrogens with two attached hydrogens (primary N) is 1. The van der Waals surface area contributed by atoms with E-state index in [1.807, 2.05) is 18.4 Å². The number of hydrogen-bond acceptors (Lipinski definition) is 6. The Kier molecular flexibility index (Phi) is 4.50. The second-order valence-electron chi connectivity index (χ2n) is 3.17. The maximum absolute atomic E-state index is 7.57. The van der Waals surface area contributed by atoms with Crippen LogP contribution < -0.4 is 5.73 Å². The van der Waals surface area contributed by atoms with Gasteiger partial charge in [-0.3, -0.25) is 5.41 Å². The van der Waals surface area contributed by atoms with Gasteiger partial charge in [0, 0.05) is 10.5 Å². The summed E-state index contributed by atoms with van der Waals surface area (Å²) >= 11 is 10.5. The lowest BCUT2D eigenvalue weighted by Gasteiger charge is -2.07. The van der Waals surface area contributed by atoms with E-state index in [4.69, 9.17) is 22.7 Å². The van der Waals surface area contributed by atoms with E-state index < -0.39 is 0 Å². The van der Waals surface area contributed by atoms with Crippen molar-refractivity contribution in [2.45, 2.75) is 13.6 Å². The van der Waals surface area contributed by atoms with Crippen molar-refractivity contribution in [1.29, 1.82) is 5.41 Å². The van der Waals surface area contributed by atoms with Crippen LogP contribution in [0.15, 0.2) is 31.8 Å². The van der Waals surface area contributed by atoms with Crippen LogP contribution in [-0.2, 0) is 0 Å². The van der Waals surface area contributed by atoms with E-state index in [0.717, 1.165) is 13.6 Å². The normalized spacial score (nSPS) is 10.6. The molecule has 0 fully saturated rings. The van der Waals surface area contributed by atoms with Crippen LogP contribution in [0.2, 0.25) is 5.02 Å². The van der Waals surface area contributed by atoms with Crippen molar-refractivity contribution in [3.05, 3.63) is 28.8 Å². The molecule has 94 valence electrons. The fourth-order valence-electron chi connectivity index (χ4n) is 1.27. The maximum Gasteiger partial charge on any atom is 0.179 e. The summed E-state index contributed by atoms with van der Waals surface area (Å²) in [6.07, 6.45) is 1.95. The lowest BCUT2D eigenvalue weighted by Crippen LogP contribution is -2.12. The molecule has 8 heteroatoms. The third-order valence-electron chi connectivity index (χ3n) is 2.00. The SMILES string of the molecule is CSc1nnc(Sc2cccc(Cl)c2C(=N)N)s1. The van der Waals surface area contributed by atoms with Gasteiger partial charge < -0.3 is 5.73 Å². The molecule has 3 N–H and O–H groups in total. The van der Waals surface area contributed by atoms with Gasteiger partial charge in [-0.25, -0.2) is 0 Å². The fourth-order valence-corrected chi connectivity index (χ4v) is 4.17. The summed E-state index contributed by atoms with van der Waals surface area (Å²) in [4.78, 5) is 0.818. The average molecular weight is 317 g/mol. The van der Waals surface area contributed by atoms with E-state index in [9.17, 15) is 0 Å². The smallest absolute Gasteiger partial charge is 0.179 e. The van der Waals surface area contributed by atoms with Crippen molar-refractivity contribution in [3.63, 3.8) is 0 Å². The quantitative estimate of drug-likeness (QED) is 0.514. The zero-order valence-corrected chi connectivity index (χ0v) is 12.5. The molecule has 1 aromatic heterocycles. The minimum Gasteiger partial charge on any atom is -0.384 e. The van der Waals surface area contributed by atoms with Crippen LogP contribution in [0.5, 0.6) is 0 Å². The molecule has 1 aromatic carbocycles. The van der Waals surface area contributed by atoms with Crippen molar-refractivity contribution < 1.29 is 0 Å². The highest BCUT2D eigenvalue weighted by molar-refractivity contribution is 8.03. The van der Waals surface area contributed by atoms with Gasteiger partial charge >= 0.3 is 0 Å². The predicted molar refractivity (Wildman–Crippen MR) is 78.3 cm³/mol. The van der Waals surface area contributed by atoms with Crippen LogP contribution in [0, 0.1) is 5.41 Å². The zero-order chi connectivity index (χ0) is 13.1. The Morgan fingerprint density at radius 1 is 1.39 bits per heavy atom. The van der Waals surface area contributed by atoms with Gasteiger partial charge in [0.2, 0.25) is 0 Å². The predicted octanol–water partition coefficient (Wildman–Crippen LogP) is 3.35. The number of nitrogens with zero attached hydrogens (tertiary/aromatic N) is 2. The number of hydrogen-bond donors (Lipinski definition) is 2. The number of benzene rings is 1. The van der Waals surface area contributed by atoms with Gasteiger partial charge in [0.15, 0.2) is 8.68 Å². The maximum atomic E-state index is 7.57. The molecule has 0 aliphatic heterocycles. The number of halogens is 1. The summed E-state index contributed by atoms with van der Waals surface area (Å²) in [7, 11) is 0. The van der Waals surface area contributed by atoms with Crippen molar-refractivity contribution in [2.24, 2.45) is 5.73 Å². The largest absolute Gasteiger partial charge is 0.384 e. The number of amidine groups is 1. The summed E-state index contributed by atoms with van der Waals surface area (Å²) in [5.41, 5.74) is 6.10. The van der Waals surface area contributed by atoms with Crippen LogP contribution in [-0.4, -0.2) is 22.3 Å². The summed E-state index contributed by atoms with van der Waals surface area (Å²) < 4.78 is 1.72. The molecule has 18 heavy (non-hydrogen) atoms. The molecule has 0 radical (unpaired) electrons. The van der Waals surface area contributed by atoms with Gasteiger partial charge in [-0.1, -0.05) is 52.5 Å². The molecule has 4 nitrogen and oxygen atoms in total. The van der Waals surface area contributed by atoms with E-state index >= 15 is 0 Å². The van der Waals surface area contributed by atoms with E-state index in [0.29, 0.717) is 10.6 Å². The van der Waals surface area contributed by atoms with Crippen LogP contribution in [0.1, 0.15) is 5.56 Å². The first-order valence-electron chi connectivity index (χ1n) is 4.80. The first-order chi connectivity index (χ1) is 8.61. The molecule has 0 saturated carbocycles. The van der Waals surface area contributed by atoms with Gasteiger partial charge in [0.05, 0.1) is 5.02 Å². The third kappa shape index (κ3) is 2.97. The summed E-state index contributed by atoms with van der Waals surface area (Å²) in [5, 5.41) is 16.1. The van der Waals surface area contributed by atoms with Gasteiger partial charge in [-0.05, 0) is 18.4 Å². The Bertz CT molecular complexity index is 584. The molecule has 0 aliphatic carbocycles. The van der Waals surface area contributed by atoms with Gasteiger partial charge in [-0.2, -0.15) is 0 Å². The number of rotatable bonds is 4. The number of thioether (sulfide) groups is 1. The van der Waals surface area contributed by atoms with Crippen LogP contribution in [0.3, 0.4) is 0 Å². The Morgan fingerprint density at radius 2 is 2.11 bits per heavy atom. The molecule has 0 saturated heterocycles. The molecule has 1 heterocycles. The first-order valence-corrected chi connectivity index (χ1v) is 8.03. The van der Waals surface area contributed by atoms with Crippen LogP contribution in [0.25, 0.3) is 0 Å². The molecule has 0 spiro atoms. The molecule has 0 aliphatic rings. The Morgan fingerprint density at radius 3 is 2.72 bits per heavy atom. The molecule has 0 atom stereocenters. The summed E-state index contributed by atoms with van der Waals surface area (Å²) in [5.74, 6) is -0.0438. The fraction of sp³-hybridized carbons (Fsp3) is 0.100. The van der Waals surface area contributed by atoms with E-state index in [1.165, 1.54) is 23.1 Å². The van der Waals surface area contributed by atoms with E-state index in [-0.39, 0.29) is 5.84 Å². The first kappa shape index (κ1) is 13.7. The molecule has 0 bridgehead atoms. The second kappa shape index (κ2) is 5.92. The minimum absolute atomic E-state index is 0.0438. The van der Waals surface area contributed by atoms with Crippen molar-refractivity contribution >= 4 is 52.3 Å². The Labute approximate surface area is 122 Å². The summed E-state index contributed by atoms with van der Waals surface area (Å²) in [6, 6.07) is 5.41. The molecular formula is C10H9ClN4S3. The number of nitrogen functional groups attached to an aromatic ring is 1. The van der Waals surface area contributed by atoms with Crippen LogP contribution >= 0.6 is 46.5 Å².